The van der Waals surface area contributed by atoms with Gasteiger partial charge in [-0.2, -0.15) is 0 Å². The number of carbonyl (C=O) groups is 1. The second-order valence-electron chi connectivity index (χ2n) is 6.34. The SMILES string of the molecule is CC12CC=C(c3ccccc3)C(Cc3ccccc31)C2=O. The average molecular weight is 274 g/mol. The maximum atomic E-state index is 13.0. The Morgan fingerprint density at radius 3 is 2.52 bits per heavy atom. The van der Waals surface area contributed by atoms with E-state index in [0.717, 1.165) is 12.8 Å². The highest BCUT2D eigenvalue weighted by Crippen LogP contribution is 2.47. The van der Waals surface area contributed by atoms with Crippen LogP contribution in [0.5, 0.6) is 0 Å². The summed E-state index contributed by atoms with van der Waals surface area (Å²) in [5.74, 6) is 0.406. The Labute approximate surface area is 125 Å². The van der Waals surface area contributed by atoms with E-state index < -0.39 is 0 Å². The summed E-state index contributed by atoms with van der Waals surface area (Å²) in [5, 5.41) is 0. The second kappa shape index (κ2) is 4.42. The first-order valence-electron chi connectivity index (χ1n) is 7.58. The summed E-state index contributed by atoms with van der Waals surface area (Å²) in [6.45, 7) is 2.11. The van der Waals surface area contributed by atoms with Gasteiger partial charge in [0, 0.05) is 5.92 Å². The Balaban J connectivity index is 1.86. The lowest BCUT2D eigenvalue weighted by Gasteiger charge is -2.42. The van der Waals surface area contributed by atoms with Crippen molar-refractivity contribution < 1.29 is 4.79 Å². The molecule has 104 valence electrons. The summed E-state index contributed by atoms with van der Waals surface area (Å²) >= 11 is 0. The van der Waals surface area contributed by atoms with Crippen molar-refractivity contribution >= 4 is 11.4 Å². The molecule has 0 saturated carbocycles. The lowest BCUT2D eigenvalue weighted by atomic mass is 9.59. The van der Waals surface area contributed by atoms with Crippen LogP contribution >= 0.6 is 0 Å². The van der Waals surface area contributed by atoms with Crippen LogP contribution in [0, 0.1) is 5.92 Å². The first kappa shape index (κ1) is 12.6. The van der Waals surface area contributed by atoms with Gasteiger partial charge in [0.1, 0.15) is 0 Å². The van der Waals surface area contributed by atoms with Crippen LogP contribution in [0.1, 0.15) is 30.0 Å². The largest absolute Gasteiger partial charge is 0.298 e. The standard InChI is InChI=1S/C20H18O/c1-20-12-11-16(14-7-3-2-4-8-14)17(19(20)21)13-15-9-5-6-10-18(15)20/h2-11,17H,12-13H2,1H3. The summed E-state index contributed by atoms with van der Waals surface area (Å²) in [7, 11) is 0. The molecule has 21 heavy (non-hydrogen) atoms. The normalized spacial score (nSPS) is 27.0. The molecule has 0 N–H and O–H groups in total. The van der Waals surface area contributed by atoms with Crippen LogP contribution < -0.4 is 0 Å². The quantitative estimate of drug-likeness (QED) is 0.762. The van der Waals surface area contributed by atoms with Gasteiger partial charge in [0.15, 0.2) is 5.78 Å². The van der Waals surface area contributed by atoms with Crippen LogP contribution in [-0.4, -0.2) is 5.78 Å². The Morgan fingerprint density at radius 1 is 1.00 bits per heavy atom. The number of ketones is 1. The van der Waals surface area contributed by atoms with Crippen LogP contribution in [0.2, 0.25) is 0 Å². The van der Waals surface area contributed by atoms with E-state index in [9.17, 15) is 4.79 Å². The maximum Gasteiger partial charge on any atom is 0.151 e. The molecular formula is C20H18O. The van der Waals surface area contributed by atoms with Crippen molar-refractivity contribution in [2.75, 3.05) is 0 Å². The highest BCUT2D eigenvalue weighted by atomic mass is 16.1. The molecule has 0 saturated heterocycles. The molecule has 4 rings (SSSR count). The molecule has 0 aromatic heterocycles. The maximum absolute atomic E-state index is 13.0. The van der Waals surface area contributed by atoms with E-state index >= 15 is 0 Å². The summed E-state index contributed by atoms with van der Waals surface area (Å²) < 4.78 is 0. The molecule has 2 unspecified atom stereocenters. The molecule has 0 radical (unpaired) electrons. The fraction of sp³-hybridized carbons (Fsp3) is 0.250. The first-order chi connectivity index (χ1) is 10.2. The van der Waals surface area contributed by atoms with E-state index in [2.05, 4.69) is 43.3 Å². The third-order valence-corrected chi connectivity index (χ3v) is 5.11. The van der Waals surface area contributed by atoms with Crippen molar-refractivity contribution in [3.05, 3.63) is 77.4 Å². The summed E-state index contributed by atoms with van der Waals surface area (Å²) in [6.07, 6.45) is 3.94. The van der Waals surface area contributed by atoms with E-state index in [1.54, 1.807) is 0 Å². The van der Waals surface area contributed by atoms with Crippen molar-refractivity contribution in [3.8, 4) is 0 Å². The second-order valence-corrected chi connectivity index (χ2v) is 6.34. The minimum atomic E-state index is -0.336. The van der Waals surface area contributed by atoms with Gasteiger partial charge in [0.25, 0.3) is 0 Å². The van der Waals surface area contributed by atoms with Gasteiger partial charge in [-0.25, -0.2) is 0 Å². The van der Waals surface area contributed by atoms with Crippen molar-refractivity contribution in [3.63, 3.8) is 0 Å². The fourth-order valence-corrected chi connectivity index (χ4v) is 3.93. The number of Topliss-reactive ketones (excluding diaryl/α,β-unsaturated/α-hetero) is 1. The predicted molar refractivity (Wildman–Crippen MR) is 85.0 cm³/mol. The van der Waals surface area contributed by atoms with Gasteiger partial charge in [-0.15, -0.1) is 0 Å². The zero-order valence-electron chi connectivity index (χ0n) is 12.2. The number of allylic oxidation sites excluding steroid dienone is 2. The van der Waals surface area contributed by atoms with Gasteiger partial charge in [-0.3, -0.25) is 4.79 Å². The molecule has 0 heterocycles. The van der Waals surface area contributed by atoms with E-state index in [4.69, 9.17) is 0 Å². The van der Waals surface area contributed by atoms with E-state index in [1.807, 2.05) is 24.3 Å². The topological polar surface area (TPSA) is 17.1 Å². The molecule has 2 aliphatic rings. The van der Waals surface area contributed by atoms with Gasteiger partial charge >= 0.3 is 0 Å². The van der Waals surface area contributed by atoms with Crippen molar-refractivity contribution in [1.29, 1.82) is 0 Å². The van der Waals surface area contributed by atoms with Gasteiger partial charge in [-0.05, 0) is 42.0 Å². The van der Waals surface area contributed by atoms with Gasteiger partial charge in [0.2, 0.25) is 0 Å². The molecular weight excluding hydrogens is 256 g/mol. The smallest absolute Gasteiger partial charge is 0.151 e. The van der Waals surface area contributed by atoms with Crippen LogP contribution in [0.15, 0.2) is 60.7 Å². The number of rotatable bonds is 1. The summed E-state index contributed by atoms with van der Waals surface area (Å²) in [5.41, 5.74) is 4.64. The van der Waals surface area contributed by atoms with Gasteiger partial charge in [-0.1, -0.05) is 60.7 Å². The Bertz CT molecular complexity index is 741. The summed E-state index contributed by atoms with van der Waals surface area (Å²) in [6, 6.07) is 18.8. The number of hydrogen-bond donors (Lipinski definition) is 0. The Morgan fingerprint density at radius 2 is 1.71 bits per heavy atom. The minimum Gasteiger partial charge on any atom is -0.298 e. The molecule has 2 atom stereocenters. The molecule has 2 aromatic rings. The monoisotopic (exact) mass is 274 g/mol. The summed E-state index contributed by atoms with van der Waals surface area (Å²) in [4.78, 5) is 13.0. The number of benzene rings is 2. The van der Waals surface area contributed by atoms with E-state index in [1.165, 1.54) is 22.3 Å². The van der Waals surface area contributed by atoms with Crippen molar-refractivity contribution in [2.24, 2.45) is 5.92 Å². The van der Waals surface area contributed by atoms with Crippen molar-refractivity contribution in [1.82, 2.24) is 0 Å². The molecule has 2 aliphatic carbocycles. The van der Waals surface area contributed by atoms with Crippen LogP contribution in [0.3, 0.4) is 0 Å². The van der Waals surface area contributed by atoms with Crippen LogP contribution in [-0.2, 0) is 16.6 Å². The molecule has 0 aliphatic heterocycles. The number of fused-ring (bicyclic) bond motifs is 4. The fourth-order valence-electron chi connectivity index (χ4n) is 3.93. The highest BCUT2D eigenvalue weighted by Gasteiger charge is 2.47. The van der Waals surface area contributed by atoms with Gasteiger partial charge in [0.05, 0.1) is 5.41 Å². The highest BCUT2D eigenvalue weighted by molar-refractivity contribution is 6.04. The molecule has 2 aromatic carbocycles. The first-order valence-corrected chi connectivity index (χ1v) is 7.58. The van der Waals surface area contributed by atoms with Crippen LogP contribution in [0.4, 0.5) is 0 Å². The zero-order valence-corrected chi connectivity index (χ0v) is 12.2. The molecule has 1 nitrogen and oxygen atoms in total. The van der Waals surface area contributed by atoms with E-state index in [0.29, 0.717) is 5.78 Å². The zero-order chi connectivity index (χ0) is 14.4. The van der Waals surface area contributed by atoms with Crippen LogP contribution in [0.25, 0.3) is 5.57 Å². The Hall–Kier alpha value is -2.15. The lowest BCUT2D eigenvalue weighted by Crippen LogP contribution is -2.45. The molecule has 2 bridgehead atoms. The molecule has 0 amide bonds. The number of carbonyl (C=O) groups excluding carboxylic acids is 1. The molecule has 1 heteroatoms. The third-order valence-electron chi connectivity index (χ3n) is 5.11. The molecule has 0 spiro atoms. The lowest BCUT2D eigenvalue weighted by molar-refractivity contribution is -0.127. The molecule has 0 fully saturated rings. The Kier molecular flexibility index (Phi) is 2.65. The number of hydrogen-bond acceptors (Lipinski definition) is 1. The minimum absolute atomic E-state index is 0.0149. The predicted octanol–water partition coefficient (Wildman–Crippen LogP) is 4.17. The average Bonchev–Trinajstić information content (AvgIpc) is 2.52. The van der Waals surface area contributed by atoms with Gasteiger partial charge < -0.3 is 0 Å². The van der Waals surface area contributed by atoms with E-state index in [-0.39, 0.29) is 11.3 Å². The third kappa shape index (κ3) is 1.73. The van der Waals surface area contributed by atoms with Crippen molar-refractivity contribution in [2.45, 2.75) is 25.2 Å².